The minimum Gasteiger partial charge on any atom is -0.497 e. The third-order valence-electron chi connectivity index (χ3n) is 5.57. The molecule has 0 aliphatic carbocycles. The van der Waals surface area contributed by atoms with Gasteiger partial charge in [-0.2, -0.15) is 0 Å². The normalized spacial score (nSPS) is 14.6. The van der Waals surface area contributed by atoms with Crippen LogP contribution in [-0.4, -0.2) is 69.5 Å². The summed E-state index contributed by atoms with van der Waals surface area (Å²) in [7, 11) is 1.64. The molecule has 0 spiro atoms. The van der Waals surface area contributed by atoms with Gasteiger partial charge in [-0.3, -0.25) is 14.3 Å². The summed E-state index contributed by atoms with van der Waals surface area (Å²) in [6, 6.07) is 16.2. The molecule has 1 aliphatic heterocycles. The lowest BCUT2D eigenvalue weighted by atomic mass is 10.1. The third-order valence-corrected chi connectivity index (χ3v) is 6.50. The molecular formula is C23H27N5O2S. The summed E-state index contributed by atoms with van der Waals surface area (Å²) < 4.78 is 7.10. The summed E-state index contributed by atoms with van der Waals surface area (Å²) in [5.74, 6) is 1.29. The molecule has 7 nitrogen and oxygen atoms in total. The van der Waals surface area contributed by atoms with Crippen LogP contribution in [0.2, 0.25) is 0 Å². The lowest BCUT2D eigenvalue weighted by Gasteiger charge is -2.35. The molecule has 1 aliphatic rings. The van der Waals surface area contributed by atoms with Gasteiger partial charge in [-0.05, 0) is 42.3 Å². The van der Waals surface area contributed by atoms with E-state index in [4.69, 9.17) is 4.74 Å². The number of methoxy groups -OCH3 is 1. The predicted molar refractivity (Wildman–Crippen MR) is 122 cm³/mol. The Bertz CT molecular complexity index is 1010. The van der Waals surface area contributed by atoms with E-state index in [1.54, 1.807) is 13.4 Å². The van der Waals surface area contributed by atoms with Crippen LogP contribution in [-0.2, 0) is 11.3 Å². The average molecular weight is 438 g/mol. The topological polar surface area (TPSA) is 63.5 Å². The van der Waals surface area contributed by atoms with E-state index in [1.165, 1.54) is 22.9 Å². The third kappa shape index (κ3) is 5.26. The zero-order chi connectivity index (χ0) is 21.6. The Labute approximate surface area is 187 Å². The molecule has 0 unspecified atom stereocenters. The number of hydrogen-bond donors (Lipinski definition) is 0. The molecule has 0 saturated carbocycles. The van der Waals surface area contributed by atoms with Gasteiger partial charge in [-0.25, -0.2) is 0 Å². The van der Waals surface area contributed by atoms with E-state index >= 15 is 0 Å². The highest BCUT2D eigenvalue weighted by molar-refractivity contribution is 7.99. The number of aryl methyl sites for hydroxylation is 1. The van der Waals surface area contributed by atoms with Crippen molar-refractivity contribution in [2.45, 2.75) is 18.6 Å². The monoisotopic (exact) mass is 437 g/mol. The zero-order valence-electron chi connectivity index (χ0n) is 17.9. The fourth-order valence-corrected chi connectivity index (χ4v) is 4.48. The molecule has 3 aromatic rings. The fraction of sp³-hybridized carbons (Fsp3) is 0.348. The molecule has 2 heterocycles. The van der Waals surface area contributed by atoms with Crippen molar-refractivity contribution in [3.8, 4) is 11.4 Å². The van der Waals surface area contributed by atoms with E-state index in [2.05, 4.69) is 46.3 Å². The smallest absolute Gasteiger partial charge is 0.233 e. The van der Waals surface area contributed by atoms with E-state index in [-0.39, 0.29) is 5.91 Å². The van der Waals surface area contributed by atoms with Gasteiger partial charge in [-0.1, -0.05) is 36.0 Å². The summed E-state index contributed by atoms with van der Waals surface area (Å²) in [5.41, 5.74) is 3.61. The van der Waals surface area contributed by atoms with Gasteiger partial charge in [0.2, 0.25) is 5.91 Å². The van der Waals surface area contributed by atoms with Crippen molar-refractivity contribution in [2.24, 2.45) is 0 Å². The largest absolute Gasteiger partial charge is 0.497 e. The van der Waals surface area contributed by atoms with Crippen molar-refractivity contribution < 1.29 is 9.53 Å². The van der Waals surface area contributed by atoms with E-state index in [0.717, 1.165) is 44.2 Å². The molecule has 8 heteroatoms. The van der Waals surface area contributed by atoms with Gasteiger partial charge in [0.25, 0.3) is 0 Å². The Morgan fingerprint density at radius 1 is 1.06 bits per heavy atom. The first-order valence-electron chi connectivity index (χ1n) is 10.4. The number of amides is 1. The van der Waals surface area contributed by atoms with Crippen molar-refractivity contribution in [1.29, 1.82) is 0 Å². The van der Waals surface area contributed by atoms with Crippen LogP contribution < -0.4 is 4.74 Å². The second-order valence-electron chi connectivity index (χ2n) is 7.55. The first-order chi connectivity index (χ1) is 15.1. The first kappa shape index (κ1) is 21.4. The van der Waals surface area contributed by atoms with Gasteiger partial charge in [0.15, 0.2) is 5.16 Å². The Hall–Kier alpha value is -2.84. The molecule has 0 atom stereocenters. The van der Waals surface area contributed by atoms with E-state index in [0.29, 0.717) is 10.9 Å². The van der Waals surface area contributed by atoms with Crippen LogP contribution in [0.15, 0.2) is 60.0 Å². The van der Waals surface area contributed by atoms with Crippen LogP contribution in [0.25, 0.3) is 5.69 Å². The quantitative estimate of drug-likeness (QED) is 0.530. The number of nitrogens with zero attached hydrogens (tertiary/aromatic N) is 5. The molecule has 1 amide bonds. The van der Waals surface area contributed by atoms with Gasteiger partial charge in [-0.15, -0.1) is 10.2 Å². The second-order valence-corrected chi connectivity index (χ2v) is 8.50. The molecular weight excluding hydrogens is 410 g/mol. The molecule has 1 aromatic heterocycles. The number of hydrogen-bond acceptors (Lipinski definition) is 6. The van der Waals surface area contributed by atoms with E-state index < -0.39 is 0 Å². The molecule has 1 saturated heterocycles. The summed E-state index contributed by atoms with van der Waals surface area (Å²) >= 11 is 1.42. The standard InChI is InChI=1S/C23H27N5O2S/c1-18-5-3-4-6-19(18)15-26-11-13-27(14-12-26)22(29)16-31-23-25-24-17-28(23)20-7-9-21(30-2)10-8-20/h3-10,17H,11-16H2,1-2H3. The van der Waals surface area contributed by atoms with Crippen molar-refractivity contribution in [3.05, 3.63) is 66.0 Å². The SMILES string of the molecule is COc1ccc(-n2cnnc2SCC(=O)N2CCN(Cc3ccccc3C)CC2)cc1. The number of thioether (sulfide) groups is 1. The van der Waals surface area contributed by atoms with E-state index in [1.807, 2.05) is 33.7 Å². The van der Waals surface area contributed by atoms with Crippen LogP contribution in [0.5, 0.6) is 5.75 Å². The molecule has 0 bridgehead atoms. The maximum absolute atomic E-state index is 12.8. The van der Waals surface area contributed by atoms with Crippen molar-refractivity contribution in [1.82, 2.24) is 24.6 Å². The molecule has 0 radical (unpaired) electrons. The maximum atomic E-state index is 12.8. The highest BCUT2D eigenvalue weighted by Crippen LogP contribution is 2.22. The van der Waals surface area contributed by atoms with Crippen molar-refractivity contribution in [3.63, 3.8) is 0 Å². The Morgan fingerprint density at radius 3 is 2.52 bits per heavy atom. The Balaban J connectivity index is 1.28. The maximum Gasteiger partial charge on any atom is 0.233 e. The molecule has 31 heavy (non-hydrogen) atoms. The van der Waals surface area contributed by atoms with Gasteiger partial charge >= 0.3 is 0 Å². The summed E-state index contributed by atoms with van der Waals surface area (Å²) in [5, 5.41) is 8.91. The van der Waals surface area contributed by atoms with E-state index in [9.17, 15) is 4.79 Å². The summed E-state index contributed by atoms with van der Waals surface area (Å²) in [6.07, 6.45) is 1.67. The van der Waals surface area contributed by atoms with Crippen LogP contribution in [0.3, 0.4) is 0 Å². The van der Waals surface area contributed by atoms with Gasteiger partial charge < -0.3 is 9.64 Å². The highest BCUT2D eigenvalue weighted by atomic mass is 32.2. The van der Waals surface area contributed by atoms with Gasteiger partial charge in [0.1, 0.15) is 12.1 Å². The van der Waals surface area contributed by atoms with Crippen LogP contribution in [0.4, 0.5) is 0 Å². The lowest BCUT2D eigenvalue weighted by Crippen LogP contribution is -2.48. The Morgan fingerprint density at radius 2 is 1.81 bits per heavy atom. The van der Waals surface area contributed by atoms with Crippen molar-refractivity contribution in [2.75, 3.05) is 39.0 Å². The minimum atomic E-state index is 0.143. The van der Waals surface area contributed by atoms with Crippen LogP contribution >= 0.6 is 11.8 Å². The zero-order valence-corrected chi connectivity index (χ0v) is 18.7. The Kier molecular flexibility index (Phi) is 6.89. The minimum absolute atomic E-state index is 0.143. The number of piperazine rings is 1. The molecule has 2 aromatic carbocycles. The fourth-order valence-electron chi connectivity index (χ4n) is 3.64. The second kappa shape index (κ2) is 9.98. The van der Waals surface area contributed by atoms with Crippen molar-refractivity contribution >= 4 is 17.7 Å². The summed E-state index contributed by atoms with van der Waals surface area (Å²) in [4.78, 5) is 17.1. The number of aromatic nitrogens is 3. The van der Waals surface area contributed by atoms with Crippen LogP contribution in [0, 0.1) is 6.92 Å². The predicted octanol–water partition coefficient (Wildman–Crippen LogP) is 3.02. The molecule has 4 rings (SSSR count). The lowest BCUT2D eigenvalue weighted by molar-refractivity contribution is -0.130. The average Bonchev–Trinajstić information content (AvgIpc) is 3.28. The number of carbonyl (C=O) groups excluding carboxylic acids is 1. The van der Waals surface area contributed by atoms with Gasteiger partial charge in [0.05, 0.1) is 12.9 Å². The summed E-state index contributed by atoms with van der Waals surface area (Å²) in [6.45, 7) is 6.40. The number of carbonyl (C=O) groups is 1. The van der Waals surface area contributed by atoms with Crippen LogP contribution in [0.1, 0.15) is 11.1 Å². The molecule has 162 valence electrons. The molecule has 0 N–H and O–H groups in total. The number of ether oxygens (including phenoxy) is 1. The number of rotatable bonds is 7. The number of benzene rings is 2. The van der Waals surface area contributed by atoms with Gasteiger partial charge in [0, 0.05) is 38.4 Å². The molecule has 1 fully saturated rings. The highest BCUT2D eigenvalue weighted by Gasteiger charge is 2.22. The first-order valence-corrected chi connectivity index (χ1v) is 11.3.